The van der Waals surface area contributed by atoms with Gasteiger partial charge in [-0.3, -0.25) is 4.90 Å². The molecule has 5 heteroatoms. The number of para-hydroxylation sites is 1. The van der Waals surface area contributed by atoms with E-state index < -0.39 is 0 Å². The summed E-state index contributed by atoms with van der Waals surface area (Å²) in [5.74, 6) is 0. The first kappa shape index (κ1) is 13.2. The summed E-state index contributed by atoms with van der Waals surface area (Å²) in [4.78, 5) is 4.36. The van der Waals surface area contributed by atoms with Gasteiger partial charge in [-0.15, -0.1) is 0 Å². The van der Waals surface area contributed by atoms with Crippen LogP contribution in [0.3, 0.4) is 0 Å². The van der Waals surface area contributed by atoms with Crippen LogP contribution in [0.4, 0.5) is 5.69 Å². The maximum absolute atomic E-state index is 9.13. The highest BCUT2D eigenvalue weighted by Gasteiger charge is 2.20. The topological polar surface area (TPSA) is 50.5 Å². The van der Waals surface area contributed by atoms with Gasteiger partial charge in [0.15, 0.2) is 0 Å². The summed E-state index contributed by atoms with van der Waals surface area (Å²) in [6.45, 7) is 4.33. The van der Waals surface area contributed by atoms with E-state index in [1.165, 1.54) is 0 Å². The minimum atomic E-state index is 0.190. The lowest BCUT2D eigenvalue weighted by atomic mass is 10.1. The van der Waals surface area contributed by atoms with Gasteiger partial charge in [-0.2, -0.15) is 5.26 Å². The van der Waals surface area contributed by atoms with Crippen molar-refractivity contribution in [2.24, 2.45) is 0 Å². The fraction of sp³-hybridized carbons (Fsp3) is 0.462. The Morgan fingerprint density at radius 2 is 2.00 bits per heavy atom. The lowest BCUT2D eigenvalue weighted by Crippen LogP contribution is -2.47. The second kappa shape index (κ2) is 6.05. The summed E-state index contributed by atoms with van der Waals surface area (Å²) in [6.07, 6.45) is 0. The summed E-state index contributed by atoms with van der Waals surface area (Å²) in [5, 5.41) is 18.7. The van der Waals surface area contributed by atoms with E-state index in [0.717, 1.165) is 31.9 Å². The normalized spacial score (nSPS) is 16.6. The van der Waals surface area contributed by atoms with Crippen molar-refractivity contribution in [2.45, 2.75) is 0 Å². The van der Waals surface area contributed by atoms with Gasteiger partial charge in [0.1, 0.15) is 6.07 Å². The Bertz CT molecular complexity index is 450. The molecule has 0 atom stereocenters. The van der Waals surface area contributed by atoms with Gasteiger partial charge in [0.05, 0.1) is 22.9 Å². The van der Waals surface area contributed by atoms with Gasteiger partial charge < -0.3 is 10.0 Å². The number of aliphatic hydroxyl groups is 1. The predicted molar refractivity (Wildman–Crippen MR) is 71.9 cm³/mol. The maximum atomic E-state index is 9.13. The van der Waals surface area contributed by atoms with Crippen LogP contribution in [0.5, 0.6) is 0 Å². The van der Waals surface area contributed by atoms with Crippen LogP contribution >= 0.6 is 11.6 Å². The van der Waals surface area contributed by atoms with Crippen molar-refractivity contribution in [3.8, 4) is 6.07 Å². The van der Waals surface area contributed by atoms with Crippen LogP contribution in [0.1, 0.15) is 5.56 Å². The van der Waals surface area contributed by atoms with Gasteiger partial charge in [0.2, 0.25) is 0 Å². The average Bonchev–Trinajstić information content (AvgIpc) is 2.40. The molecule has 1 aliphatic heterocycles. The van der Waals surface area contributed by atoms with Crippen LogP contribution in [-0.2, 0) is 0 Å². The van der Waals surface area contributed by atoms with Crippen molar-refractivity contribution in [3.63, 3.8) is 0 Å². The van der Waals surface area contributed by atoms with Gasteiger partial charge in [-0.05, 0) is 12.1 Å². The highest BCUT2D eigenvalue weighted by atomic mass is 35.5. The van der Waals surface area contributed by atoms with Crippen molar-refractivity contribution < 1.29 is 5.11 Å². The molecule has 0 amide bonds. The van der Waals surface area contributed by atoms with E-state index in [0.29, 0.717) is 17.1 Å². The standard InChI is InChI=1S/C13H16ClN3O/c14-12-3-1-2-11(10-15)13(12)17-6-4-16(5-7-17)8-9-18/h1-3,18H,4-9H2. The van der Waals surface area contributed by atoms with Crippen molar-refractivity contribution in [2.75, 3.05) is 44.2 Å². The lowest BCUT2D eigenvalue weighted by Gasteiger charge is -2.36. The Balaban J connectivity index is 2.13. The summed E-state index contributed by atoms with van der Waals surface area (Å²) in [7, 11) is 0. The molecule has 1 fully saturated rings. The molecule has 18 heavy (non-hydrogen) atoms. The molecule has 0 saturated carbocycles. The summed E-state index contributed by atoms with van der Waals surface area (Å²) in [6, 6.07) is 7.60. The number of anilines is 1. The molecule has 0 spiro atoms. The lowest BCUT2D eigenvalue weighted by molar-refractivity contribution is 0.189. The second-order valence-corrected chi connectivity index (χ2v) is 4.71. The number of piperazine rings is 1. The molecule has 96 valence electrons. The molecule has 1 aliphatic rings. The van der Waals surface area contributed by atoms with Crippen LogP contribution in [0.25, 0.3) is 0 Å². The zero-order valence-electron chi connectivity index (χ0n) is 10.1. The number of nitrogens with zero attached hydrogens (tertiary/aromatic N) is 3. The molecule has 0 bridgehead atoms. The number of rotatable bonds is 3. The first-order chi connectivity index (χ1) is 8.76. The third-order valence-electron chi connectivity index (χ3n) is 3.21. The molecule has 4 nitrogen and oxygen atoms in total. The molecule has 2 rings (SSSR count). The van der Waals surface area contributed by atoms with Crippen LogP contribution in [-0.4, -0.2) is 49.3 Å². The number of aliphatic hydroxyl groups excluding tert-OH is 1. The highest BCUT2D eigenvalue weighted by Crippen LogP contribution is 2.30. The molecule has 1 heterocycles. The predicted octanol–water partition coefficient (Wildman–Crippen LogP) is 1.33. The van der Waals surface area contributed by atoms with Gasteiger partial charge in [-0.1, -0.05) is 17.7 Å². The monoisotopic (exact) mass is 265 g/mol. The number of halogens is 1. The van der Waals surface area contributed by atoms with Gasteiger partial charge in [-0.25, -0.2) is 0 Å². The van der Waals surface area contributed by atoms with E-state index in [1.807, 2.05) is 6.07 Å². The third-order valence-corrected chi connectivity index (χ3v) is 3.52. The largest absolute Gasteiger partial charge is 0.395 e. The van der Waals surface area contributed by atoms with Crippen LogP contribution in [0.2, 0.25) is 5.02 Å². The van der Waals surface area contributed by atoms with Crippen LogP contribution in [0, 0.1) is 11.3 Å². The Morgan fingerprint density at radius 1 is 1.28 bits per heavy atom. The molecule has 1 aromatic rings. The van der Waals surface area contributed by atoms with E-state index in [2.05, 4.69) is 15.9 Å². The number of nitriles is 1. The smallest absolute Gasteiger partial charge is 0.101 e. The Labute approximate surface area is 112 Å². The SMILES string of the molecule is N#Cc1cccc(Cl)c1N1CCN(CCO)CC1. The van der Waals surface area contributed by atoms with Crippen LogP contribution < -0.4 is 4.90 Å². The average molecular weight is 266 g/mol. The molecular weight excluding hydrogens is 250 g/mol. The van der Waals surface area contributed by atoms with Crippen molar-refractivity contribution >= 4 is 17.3 Å². The highest BCUT2D eigenvalue weighted by molar-refractivity contribution is 6.33. The number of hydrogen-bond acceptors (Lipinski definition) is 4. The van der Waals surface area contributed by atoms with Crippen LogP contribution in [0.15, 0.2) is 18.2 Å². The fourth-order valence-electron chi connectivity index (χ4n) is 2.26. The Hall–Kier alpha value is -1.28. The van der Waals surface area contributed by atoms with Gasteiger partial charge >= 0.3 is 0 Å². The number of benzene rings is 1. The first-order valence-corrected chi connectivity index (χ1v) is 6.41. The second-order valence-electron chi connectivity index (χ2n) is 4.30. The zero-order chi connectivity index (χ0) is 13.0. The first-order valence-electron chi connectivity index (χ1n) is 6.03. The minimum Gasteiger partial charge on any atom is -0.395 e. The summed E-state index contributed by atoms with van der Waals surface area (Å²) in [5.41, 5.74) is 1.46. The molecule has 1 N–H and O–H groups in total. The molecule has 0 aliphatic carbocycles. The van der Waals surface area contributed by atoms with E-state index in [-0.39, 0.29) is 6.61 Å². The number of hydrogen-bond donors (Lipinski definition) is 1. The molecular formula is C13H16ClN3O. The zero-order valence-corrected chi connectivity index (χ0v) is 10.9. The molecule has 1 saturated heterocycles. The molecule has 0 radical (unpaired) electrons. The fourth-order valence-corrected chi connectivity index (χ4v) is 2.56. The van der Waals surface area contributed by atoms with Crippen molar-refractivity contribution in [3.05, 3.63) is 28.8 Å². The van der Waals surface area contributed by atoms with E-state index in [4.69, 9.17) is 22.0 Å². The van der Waals surface area contributed by atoms with Gasteiger partial charge in [0.25, 0.3) is 0 Å². The van der Waals surface area contributed by atoms with Gasteiger partial charge in [0, 0.05) is 32.7 Å². The van der Waals surface area contributed by atoms with Crippen molar-refractivity contribution in [1.82, 2.24) is 4.90 Å². The third kappa shape index (κ3) is 2.75. The maximum Gasteiger partial charge on any atom is 0.101 e. The van der Waals surface area contributed by atoms with E-state index in [1.54, 1.807) is 12.1 Å². The minimum absolute atomic E-state index is 0.190. The van der Waals surface area contributed by atoms with E-state index in [9.17, 15) is 0 Å². The quantitative estimate of drug-likeness (QED) is 0.896. The Kier molecular flexibility index (Phi) is 4.43. The molecule has 1 aromatic carbocycles. The molecule has 0 aromatic heterocycles. The summed E-state index contributed by atoms with van der Waals surface area (Å²) < 4.78 is 0. The van der Waals surface area contributed by atoms with Crippen molar-refractivity contribution in [1.29, 1.82) is 5.26 Å². The van der Waals surface area contributed by atoms with E-state index >= 15 is 0 Å². The summed E-state index contributed by atoms with van der Waals surface area (Å²) >= 11 is 6.19. The number of β-amino-alcohol motifs (C(OH)–C–C–N with tert-alkyl or cyclic N) is 1. The molecule has 0 unspecified atom stereocenters. The Morgan fingerprint density at radius 3 is 2.61 bits per heavy atom.